The number of carbonyl (C=O) groups is 1. The van der Waals surface area contributed by atoms with Gasteiger partial charge in [-0.15, -0.1) is 0 Å². The first-order valence-electron chi connectivity index (χ1n) is 10.8. The molecule has 3 aromatic carbocycles. The molecule has 0 atom stereocenters. The monoisotopic (exact) mass is 441 g/mol. The van der Waals surface area contributed by atoms with Crippen molar-refractivity contribution in [3.8, 4) is 22.5 Å². The highest BCUT2D eigenvalue weighted by Crippen LogP contribution is 2.33. The van der Waals surface area contributed by atoms with E-state index in [1.807, 2.05) is 18.2 Å². The van der Waals surface area contributed by atoms with Crippen molar-refractivity contribution in [3.05, 3.63) is 95.6 Å². The third-order valence-electron chi connectivity index (χ3n) is 5.27. The van der Waals surface area contributed by atoms with Crippen molar-refractivity contribution >= 4 is 17.7 Å². The van der Waals surface area contributed by atoms with Crippen LogP contribution in [-0.4, -0.2) is 28.2 Å². The lowest BCUT2D eigenvalue weighted by molar-refractivity contribution is -0.118. The minimum absolute atomic E-state index is 0.0103. The third-order valence-corrected chi connectivity index (χ3v) is 6.14. The van der Waals surface area contributed by atoms with E-state index in [1.165, 1.54) is 28.5 Å². The topological polar surface area (TPSA) is 57.8 Å². The van der Waals surface area contributed by atoms with Gasteiger partial charge in [0.15, 0.2) is 5.16 Å². The first kappa shape index (κ1) is 21.9. The largest absolute Gasteiger partial charge is 0.355 e. The van der Waals surface area contributed by atoms with Crippen molar-refractivity contribution in [2.45, 2.75) is 25.4 Å². The van der Waals surface area contributed by atoms with Gasteiger partial charge in [0.05, 0.1) is 17.1 Å². The highest BCUT2D eigenvalue weighted by molar-refractivity contribution is 7.99. The summed E-state index contributed by atoms with van der Waals surface area (Å²) in [7, 11) is 0. The summed E-state index contributed by atoms with van der Waals surface area (Å²) in [6.07, 6.45) is 0.827. The van der Waals surface area contributed by atoms with Gasteiger partial charge >= 0.3 is 0 Å². The maximum Gasteiger partial charge on any atom is 0.230 e. The molecule has 32 heavy (non-hydrogen) atoms. The molecule has 1 aromatic heterocycles. The Morgan fingerprint density at radius 1 is 0.875 bits per heavy atom. The molecular weight excluding hydrogens is 414 g/mol. The van der Waals surface area contributed by atoms with Gasteiger partial charge in [0.25, 0.3) is 0 Å². The van der Waals surface area contributed by atoms with E-state index >= 15 is 0 Å². The Morgan fingerprint density at radius 3 is 2.16 bits per heavy atom. The van der Waals surface area contributed by atoms with Crippen LogP contribution < -0.4 is 5.32 Å². The smallest absolute Gasteiger partial charge is 0.230 e. The molecule has 0 aliphatic rings. The highest BCUT2D eigenvalue weighted by atomic mass is 32.2. The number of H-pyrrole nitrogens is 1. The van der Waals surface area contributed by atoms with Crippen LogP contribution in [0.4, 0.5) is 0 Å². The molecule has 4 aromatic rings. The number of aromatic amines is 1. The Bertz CT molecular complexity index is 1100. The van der Waals surface area contributed by atoms with Gasteiger partial charge in [-0.2, -0.15) is 0 Å². The minimum Gasteiger partial charge on any atom is -0.355 e. The molecule has 5 heteroatoms. The number of nitrogens with one attached hydrogen (secondary N) is 2. The van der Waals surface area contributed by atoms with E-state index < -0.39 is 0 Å². The number of nitrogens with zero attached hydrogens (tertiary/aromatic N) is 1. The van der Waals surface area contributed by atoms with Crippen molar-refractivity contribution in [1.29, 1.82) is 0 Å². The van der Waals surface area contributed by atoms with Crippen molar-refractivity contribution in [1.82, 2.24) is 15.3 Å². The number of aryl methyl sites for hydroxylation is 2. The van der Waals surface area contributed by atoms with Crippen LogP contribution in [0.1, 0.15) is 16.7 Å². The van der Waals surface area contributed by atoms with Crippen LogP contribution >= 0.6 is 11.8 Å². The minimum atomic E-state index is 0.0103. The van der Waals surface area contributed by atoms with Gasteiger partial charge in [-0.1, -0.05) is 102 Å². The second kappa shape index (κ2) is 10.3. The maximum absolute atomic E-state index is 12.3. The van der Waals surface area contributed by atoms with Crippen molar-refractivity contribution < 1.29 is 4.79 Å². The van der Waals surface area contributed by atoms with Crippen LogP contribution in [-0.2, 0) is 11.2 Å². The Kier molecular flexibility index (Phi) is 7.07. The zero-order chi connectivity index (χ0) is 22.3. The Balaban J connectivity index is 1.45. The molecule has 0 aliphatic carbocycles. The van der Waals surface area contributed by atoms with E-state index in [9.17, 15) is 4.79 Å². The SMILES string of the molecule is Cc1ccc(-c2nc(SCC(=O)NCCc3ccccc3)[nH]c2-c2ccc(C)cc2)cc1. The molecule has 0 saturated heterocycles. The number of benzene rings is 3. The van der Waals surface area contributed by atoms with Crippen LogP contribution in [0, 0.1) is 13.8 Å². The number of rotatable bonds is 8. The number of hydrogen-bond acceptors (Lipinski definition) is 3. The summed E-state index contributed by atoms with van der Waals surface area (Å²) in [4.78, 5) is 20.6. The lowest BCUT2D eigenvalue weighted by Gasteiger charge is -2.04. The van der Waals surface area contributed by atoms with Crippen molar-refractivity contribution in [3.63, 3.8) is 0 Å². The lowest BCUT2D eigenvalue weighted by atomic mass is 10.0. The van der Waals surface area contributed by atoms with E-state index in [1.54, 1.807) is 0 Å². The van der Waals surface area contributed by atoms with Gasteiger partial charge < -0.3 is 10.3 Å². The Morgan fingerprint density at radius 2 is 1.50 bits per heavy atom. The molecule has 0 unspecified atom stereocenters. The molecular formula is C27H27N3OS. The van der Waals surface area contributed by atoms with Gasteiger partial charge in [-0.05, 0) is 25.8 Å². The Labute approximate surface area is 193 Å². The summed E-state index contributed by atoms with van der Waals surface area (Å²) < 4.78 is 0. The molecule has 0 spiro atoms. The predicted octanol–water partition coefficient (Wildman–Crippen LogP) is 5.81. The maximum atomic E-state index is 12.3. The Hall–Kier alpha value is -3.31. The van der Waals surface area contributed by atoms with E-state index in [2.05, 4.69) is 84.8 Å². The lowest BCUT2D eigenvalue weighted by Crippen LogP contribution is -2.27. The molecule has 0 fully saturated rings. The number of amides is 1. The van der Waals surface area contributed by atoms with Gasteiger partial charge in [0.1, 0.15) is 0 Å². The number of hydrogen-bond donors (Lipinski definition) is 2. The van der Waals surface area contributed by atoms with Gasteiger partial charge in [0, 0.05) is 17.7 Å². The van der Waals surface area contributed by atoms with E-state index in [-0.39, 0.29) is 5.91 Å². The van der Waals surface area contributed by atoms with E-state index in [4.69, 9.17) is 4.98 Å². The fourth-order valence-electron chi connectivity index (χ4n) is 3.45. The third kappa shape index (κ3) is 5.68. The molecule has 0 aliphatic heterocycles. The van der Waals surface area contributed by atoms with Crippen LogP contribution in [0.15, 0.2) is 84.0 Å². The molecule has 2 N–H and O–H groups in total. The highest BCUT2D eigenvalue weighted by Gasteiger charge is 2.15. The molecule has 4 nitrogen and oxygen atoms in total. The number of carbonyl (C=O) groups excluding carboxylic acids is 1. The van der Waals surface area contributed by atoms with Crippen LogP contribution in [0.3, 0.4) is 0 Å². The predicted molar refractivity (Wildman–Crippen MR) is 133 cm³/mol. The zero-order valence-corrected chi connectivity index (χ0v) is 19.2. The summed E-state index contributed by atoms with van der Waals surface area (Å²) in [5, 5.41) is 3.74. The fraction of sp³-hybridized carbons (Fsp3) is 0.185. The van der Waals surface area contributed by atoms with Crippen molar-refractivity contribution in [2.24, 2.45) is 0 Å². The first-order valence-corrected chi connectivity index (χ1v) is 11.7. The van der Waals surface area contributed by atoms with Crippen LogP contribution in [0.25, 0.3) is 22.5 Å². The average Bonchev–Trinajstić information content (AvgIpc) is 3.24. The fourth-order valence-corrected chi connectivity index (χ4v) is 4.15. The normalized spacial score (nSPS) is 10.8. The van der Waals surface area contributed by atoms with Crippen molar-refractivity contribution in [2.75, 3.05) is 12.3 Å². The standard InChI is InChI=1S/C27H27N3OS/c1-19-8-12-22(13-9-19)25-26(23-14-10-20(2)11-15-23)30-27(29-25)32-18-24(31)28-17-16-21-6-4-3-5-7-21/h3-15H,16-18H2,1-2H3,(H,28,31)(H,29,30). The number of imidazole rings is 1. The second-order valence-corrected chi connectivity index (χ2v) is 8.84. The van der Waals surface area contributed by atoms with Gasteiger partial charge in [-0.3, -0.25) is 4.79 Å². The second-order valence-electron chi connectivity index (χ2n) is 7.87. The van der Waals surface area contributed by atoms with E-state index in [0.717, 1.165) is 34.1 Å². The summed E-state index contributed by atoms with van der Waals surface area (Å²) in [6, 6.07) is 26.9. The summed E-state index contributed by atoms with van der Waals surface area (Å²) in [5.41, 5.74) is 7.66. The molecule has 162 valence electrons. The summed E-state index contributed by atoms with van der Waals surface area (Å²) in [6.45, 7) is 4.78. The number of thioether (sulfide) groups is 1. The molecule has 0 bridgehead atoms. The first-order chi connectivity index (χ1) is 15.6. The van der Waals surface area contributed by atoms with E-state index in [0.29, 0.717) is 12.3 Å². The van der Waals surface area contributed by atoms with Gasteiger partial charge in [-0.25, -0.2) is 4.98 Å². The van der Waals surface area contributed by atoms with Gasteiger partial charge in [0.2, 0.25) is 5.91 Å². The molecule has 0 saturated carbocycles. The molecule has 0 radical (unpaired) electrons. The molecule has 4 rings (SSSR count). The quantitative estimate of drug-likeness (QED) is 0.339. The molecule has 1 heterocycles. The van der Waals surface area contributed by atoms with Crippen LogP contribution in [0.5, 0.6) is 0 Å². The summed E-state index contributed by atoms with van der Waals surface area (Å²) in [5.74, 6) is 0.333. The average molecular weight is 442 g/mol. The number of aromatic nitrogens is 2. The van der Waals surface area contributed by atoms with Crippen LogP contribution in [0.2, 0.25) is 0 Å². The summed E-state index contributed by atoms with van der Waals surface area (Å²) >= 11 is 1.43. The zero-order valence-electron chi connectivity index (χ0n) is 18.4. The molecule has 1 amide bonds.